The summed E-state index contributed by atoms with van der Waals surface area (Å²) in [5.74, 6) is 0.0730. The van der Waals surface area contributed by atoms with Crippen molar-refractivity contribution in [3.8, 4) is 0 Å². The maximum atomic E-state index is 12.4. The fraction of sp³-hybridized carbons (Fsp3) is 0.632. The van der Waals surface area contributed by atoms with Gasteiger partial charge in [0.05, 0.1) is 16.6 Å². The highest BCUT2D eigenvalue weighted by Crippen LogP contribution is 2.35. The summed E-state index contributed by atoms with van der Waals surface area (Å²) in [6, 6.07) is 5.13. The van der Waals surface area contributed by atoms with E-state index in [4.69, 9.17) is 16.3 Å². The van der Waals surface area contributed by atoms with Crippen molar-refractivity contribution in [2.75, 3.05) is 19.3 Å². The van der Waals surface area contributed by atoms with Crippen LogP contribution in [0.5, 0.6) is 0 Å². The molecule has 0 radical (unpaired) electrons. The molecule has 0 bridgehead atoms. The first-order chi connectivity index (χ1) is 12.9. The summed E-state index contributed by atoms with van der Waals surface area (Å²) >= 11 is 6.17. The first kappa shape index (κ1) is 21.5. The molecule has 0 saturated carbocycles. The average molecular weight is 430 g/mol. The molecule has 1 unspecified atom stereocenters. The summed E-state index contributed by atoms with van der Waals surface area (Å²) in [7, 11) is -3.51. The number of rotatable bonds is 4. The van der Waals surface area contributed by atoms with Crippen LogP contribution in [0.15, 0.2) is 23.4 Å². The van der Waals surface area contributed by atoms with Crippen molar-refractivity contribution in [2.45, 2.75) is 57.3 Å². The lowest BCUT2D eigenvalue weighted by Gasteiger charge is -2.41. The molecule has 2 aromatic rings. The van der Waals surface area contributed by atoms with Gasteiger partial charge in [-0.25, -0.2) is 13.4 Å². The van der Waals surface area contributed by atoms with E-state index in [1.54, 1.807) is 22.8 Å². The third-order valence-electron chi connectivity index (χ3n) is 4.95. The fourth-order valence-corrected chi connectivity index (χ4v) is 4.79. The number of ether oxygens (including phenoxy) is 1. The van der Waals surface area contributed by atoms with Gasteiger partial charge in [-0.1, -0.05) is 18.5 Å². The molecule has 1 aromatic carbocycles. The van der Waals surface area contributed by atoms with Crippen molar-refractivity contribution in [3.05, 3.63) is 23.2 Å². The Labute approximate surface area is 171 Å². The second-order valence-electron chi connectivity index (χ2n) is 8.55. The van der Waals surface area contributed by atoms with Crippen molar-refractivity contribution in [3.63, 3.8) is 0 Å². The molecule has 7 nitrogen and oxygen atoms in total. The first-order valence-corrected chi connectivity index (χ1v) is 11.6. The lowest BCUT2D eigenvalue weighted by Crippen LogP contribution is -2.49. The first-order valence-electron chi connectivity index (χ1n) is 9.34. The van der Waals surface area contributed by atoms with Crippen molar-refractivity contribution >= 4 is 32.5 Å². The molecule has 3 atom stereocenters. The van der Waals surface area contributed by atoms with E-state index in [9.17, 15) is 13.5 Å². The van der Waals surface area contributed by atoms with Gasteiger partial charge >= 0.3 is 0 Å². The summed E-state index contributed by atoms with van der Waals surface area (Å²) in [6.07, 6.45) is 0.839. The van der Waals surface area contributed by atoms with Crippen LogP contribution in [0.2, 0.25) is 5.02 Å². The molecule has 0 spiro atoms. The summed E-state index contributed by atoms with van der Waals surface area (Å²) in [4.78, 5) is 6.24. The maximum absolute atomic E-state index is 12.4. The number of fused-ring (bicyclic) bond motifs is 1. The smallest absolute Gasteiger partial charge is 0.228 e. The molecule has 0 aliphatic carbocycles. The Kier molecular flexibility index (Phi) is 5.82. The average Bonchev–Trinajstić information content (AvgIpc) is 2.92. The molecule has 156 valence electrons. The predicted molar refractivity (Wildman–Crippen MR) is 109 cm³/mol. The number of aromatic nitrogens is 2. The Balaban J connectivity index is 1.94. The van der Waals surface area contributed by atoms with Crippen LogP contribution in [-0.2, 0) is 14.6 Å². The second kappa shape index (κ2) is 7.57. The molecule has 1 N–H and O–H groups in total. The molecule has 1 aliphatic heterocycles. The minimum absolute atomic E-state index is 0.0570. The molecule has 2 heterocycles. The quantitative estimate of drug-likeness (QED) is 0.752. The molecule has 1 saturated heterocycles. The molecular formula is C19H28ClN3O4S. The number of imidazole rings is 1. The summed E-state index contributed by atoms with van der Waals surface area (Å²) < 4.78 is 32.3. The second-order valence-corrected chi connectivity index (χ2v) is 10.9. The SMILES string of the molecule is C[C@H]1CN(C(O)OC(C)(C)C)CC[C@@H]1n1c(S(C)(=O)=O)nc2ccc(Cl)cc21. The number of halogens is 1. The molecular weight excluding hydrogens is 402 g/mol. The van der Waals surface area contributed by atoms with Gasteiger partial charge in [-0.05, 0) is 51.3 Å². The van der Waals surface area contributed by atoms with Gasteiger partial charge in [0.2, 0.25) is 21.4 Å². The van der Waals surface area contributed by atoms with Crippen LogP contribution in [0.1, 0.15) is 40.2 Å². The van der Waals surface area contributed by atoms with Crippen LogP contribution in [0.3, 0.4) is 0 Å². The Morgan fingerprint density at radius 3 is 2.61 bits per heavy atom. The van der Waals surface area contributed by atoms with E-state index in [2.05, 4.69) is 4.98 Å². The highest BCUT2D eigenvalue weighted by Gasteiger charge is 2.35. The predicted octanol–water partition coefficient (Wildman–Crippen LogP) is 3.07. The molecule has 1 aromatic heterocycles. The third-order valence-corrected chi connectivity index (χ3v) is 6.13. The number of benzene rings is 1. The zero-order valence-electron chi connectivity index (χ0n) is 16.9. The van der Waals surface area contributed by atoms with Gasteiger partial charge in [-0.15, -0.1) is 0 Å². The molecule has 1 fully saturated rings. The van der Waals surface area contributed by atoms with Gasteiger partial charge in [0.15, 0.2) is 0 Å². The molecule has 28 heavy (non-hydrogen) atoms. The van der Waals surface area contributed by atoms with E-state index in [0.717, 1.165) is 0 Å². The Morgan fingerprint density at radius 2 is 2.04 bits per heavy atom. The number of sulfone groups is 1. The number of aliphatic hydroxyl groups is 1. The monoisotopic (exact) mass is 429 g/mol. The minimum Gasteiger partial charge on any atom is -0.356 e. The number of likely N-dealkylation sites (tertiary alicyclic amines) is 1. The molecule has 3 rings (SSSR count). The van der Waals surface area contributed by atoms with Gasteiger partial charge in [0.1, 0.15) is 0 Å². The van der Waals surface area contributed by atoms with Gasteiger partial charge in [0.25, 0.3) is 0 Å². The number of hydrogen-bond acceptors (Lipinski definition) is 6. The van der Waals surface area contributed by atoms with Gasteiger partial charge in [0, 0.05) is 30.4 Å². The van der Waals surface area contributed by atoms with Crippen molar-refractivity contribution < 1.29 is 18.3 Å². The standard InChI is InChI=1S/C19H28ClN3O4S/c1-12-11-22(18(24)27-19(2,3)4)9-8-15(12)23-16-10-13(20)6-7-14(16)21-17(23)28(5,25)26/h6-7,10,12,15,18,24H,8-9,11H2,1-5H3/t12-,15-,18?/m0/s1. The minimum atomic E-state index is -3.51. The molecule has 0 amide bonds. The van der Waals surface area contributed by atoms with E-state index >= 15 is 0 Å². The molecule has 1 aliphatic rings. The lowest BCUT2D eigenvalue weighted by molar-refractivity contribution is -0.246. The Bertz CT molecular complexity index is 967. The van der Waals surface area contributed by atoms with E-state index in [0.29, 0.717) is 35.6 Å². The summed E-state index contributed by atoms with van der Waals surface area (Å²) in [5.41, 5.74) is 0.862. The zero-order valence-corrected chi connectivity index (χ0v) is 18.5. The van der Waals surface area contributed by atoms with Crippen LogP contribution >= 0.6 is 11.6 Å². The number of nitrogens with zero attached hydrogens (tertiary/aromatic N) is 3. The largest absolute Gasteiger partial charge is 0.356 e. The van der Waals surface area contributed by atoms with Gasteiger partial charge < -0.3 is 14.4 Å². The summed E-state index contributed by atoms with van der Waals surface area (Å²) in [5, 5.41) is 11.0. The van der Waals surface area contributed by atoms with Crippen LogP contribution in [0, 0.1) is 5.92 Å². The topological polar surface area (TPSA) is 84.7 Å². The highest BCUT2D eigenvalue weighted by molar-refractivity contribution is 7.90. The Morgan fingerprint density at radius 1 is 1.36 bits per heavy atom. The molecule has 9 heteroatoms. The van der Waals surface area contributed by atoms with Gasteiger partial charge in [-0.2, -0.15) is 0 Å². The maximum Gasteiger partial charge on any atom is 0.228 e. The van der Waals surface area contributed by atoms with E-state index in [1.807, 2.05) is 32.6 Å². The summed E-state index contributed by atoms with van der Waals surface area (Å²) in [6.45, 7) is 8.88. The number of piperidine rings is 1. The fourth-order valence-electron chi connectivity index (χ4n) is 3.77. The number of aliphatic hydroxyl groups excluding tert-OH is 1. The third kappa shape index (κ3) is 4.52. The van der Waals surface area contributed by atoms with Crippen molar-refractivity contribution in [1.82, 2.24) is 14.5 Å². The van der Waals surface area contributed by atoms with E-state index in [1.165, 1.54) is 6.26 Å². The lowest BCUT2D eigenvalue weighted by atomic mass is 9.93. The number of hydrogen-bond donors (Lipinski definition) is 1. The van der Waals surface area contributed by atoms with Crippen LogP contribution in [-0.4, -0.2) is 59.3 Å². The van der Waals surface area contributed by atoms with Crippen molar-refractivity contribution in [2.24, 2.45) is 5.92 Å². The van der Waals surface area contributed by atoms with Crippen LogP contribution in [0.4, 0.5) is 0 Å². The Hall–Kier alpha value is -1.19. The van der Waals surface area contributed by atoms with Crippen LogP contribution in [0.25, 0.3) is 11.0 Å². The van der Waals surface area contributed by atoms with Crippen LogP contribution < -0.4 is 0 Å². The zero-order chi connectivity index (χ0) is 20.9. The van der Waals surface area contributed by atoms with E-state index in [-0.39, 0.29) is 17.1 Å². The highest BCUT2D eigenvalue weighted by atomic mass is 35.5. The van der Waals surface area contributed by atoms with Crippen molar-refractivity contribution in [1.29, 1.82) is 0 Å². The van der Waals surface area contributed by atoms with E-state index < -0.39 is 21.9 Å². The normalized spacial score (nSPS) is 23.2. The van der Waals surface area contributed by atoms with Gasteiger partial charge in [-0.3, -0.25) is 4.90 Å².